The van der Waals surface area contributed by atoms with E-state index in [1.807, 2.05) is 41.8 Å². The number of para-hydroxylation sites is 1. The second-order valence-corrected chi connectivity index (χ2v) is 4.79. The first kappa shape index (κ1) is 13.6. The number of aromatic nitrogens is 1. The van der Waals surface area contributed by atoms with Crippen LogP contribution in [0.15, 0.2) is 47.4 Å². The van der Waals surface area contributed by atoms with Crippen LogP contribution in [0.1, 0.15) is 17.7 Å². The van der Waals surface area contributed by atoms with Crippen molar-refractivity contribution < 1.29 is 4.79 Å². The monoisotopic (exact) mass is 275 g/mol. The van der Waals surface area contributed by atoms with Crippen molar-refractivity contribution in [1.29, 1.82) is 0 Å². The maximum Gasteiger partial charge on any atom is 0.221 e. The van der Waals surface area contributed by atoms with Gasteiger partial charge in [-0.05, 0) is 37.1 Å². The summed E-state index contributed by atoms with van der Waals surface area (Å²) in [6, 6.07) is 11.3. The molecule has 0 unspecified atom stereocenters. The number of carbonyl (C=O) groups is 1. The molecule has 0 aliphatic heterocycles. The van der Waals surface area contributed by atoms with Crippen LogP contribution in [-0.4, -0.2) is 9.81 Å². The number of hydrogen-bond acceptors (Lipinski definition) is 2. The molecule has 19 heavy (non-hydrogen) atoms. The summed E-state index contributed by atoms with van der Waals surface area (Å²) in [5, 5.41) is -0.425. The smallest absolute Gasteiger partial charge is 0.221 e. The first-order valence-electron chi connectivity index (χ1n) is 6.04. The molecule has 0 atom stereocenters. The van der Waals surface area contributed by atoms with E-state index in [1.165, 1.54) is 0 Å². The third-order valence-corrected chi connectivity index (χ3v) is 3.14. The van der Waals surface area contributed by atoms with Crippen molar-refractivity contribution in [3.8, 4) is 5.69 Å². The SMILES string of the molecule is Cc1cc(=O)c(CCC(=O)Cl)cn1-c1ccccc1. The Bertz CT molecular complexity index is 647. The Balaban J connectivity index is 2.42. The lowest BCUT2D eigenvalue weighted by Crippen LogP contribution is -2.14. The van der Waals surface area contributed by atoms with Gasteiger partial charge in [-0.3, -0.25) is 9.59 Å². The molecule has 3 nitrogen and oxygen atoms in total. The van der Waals surface area contributed by atoms with E-state index < -0.39 is 5.24 Å². The lowest BCUT2D eigenvalue weighted by atomic mass is 10.1. The van der Waals surface area contributed by atoms with Gasteiger partial charge in [-0.2, -0.15) is 0 Å². The number of hydrogen-bond donors (Lipinski definition) is 0. The normalized spacial score (nSPS) is 10.4. The Kier molecular flexibility index (Phi) is 4.17. The Labute approximate surface area is 116 Å². The lowest BCUT2D eigenvalue weighted by Gasteiger charge is -2.12. The van der Waals surface area contributed by atoms with Crippen LogP contribution in [0, 0.1) is 6.92 Å². The summed E-state index contributed by atoms with van der Waals surface area (Å²) in [6.07, 6.45) is 2.33. The molecule has 0 N–H and O–H groups in total. The molecule has 1 aromatic heterocycles. The summed E-state index contributed by atoms with van der Waals surface area (Å²) in [4.78, 5) is 22.7. The van der Waals surface area contributed by atoms with Gasteiger partial charge in [0.2, 0.25) is 5.24 Å². The van der Waals surface area contributed by atoms with Crippen molar-refractivity contribution in [3.05, 3.63) is 64.1 Å². The minimum atomic E-state index is -0.425. The first-order chi connectivity index (χ1) is 9.08. The molecular formula is C15H14ClNO2. The summed E-state index contributed by atoms with van der Waals surface area (Å²) in [7, 11) is 0. The molecule has 0 fully saturated rings. The molecule has 1 heterocycles. The summed E-state index contributed by atoms with van der Waals surface area (Å²) in [6.45, 7) is 1.88. The maximum atomic E-state index is 11.9. The molecule has 2 rings (SSSR count). The highest BCUT2D eigenvalue weighted by molar-refractivity contribution is 6.63. The molecule has 0 amide bonds. The molecule has 0 saturated carbocycles. The van der Waals surface area contributed by atoms with Crippen molar-refractivity contribution in [3.63, 3.8) is 0 Å². The van der Waals surface area contributed by atoms with E-state index in [0.29, 0.717) is 12.0 Å². The van der Waals surface area contributed by atoms with Gasteiger partial charge in [0.25, 0.3) is 0 Å². The third-order valence-electron chi connectivity index (χ3n) is 2.95. The van der Waals surface area contributed by atoms with Gasteiger partial charge in [0.15, 0.2) is 5.43 Å². The van der Waals surface area contributed by atoms with Crippen LogP contribution in [0.3, 0.4) is 0 Å². The molecule has 98 valence electrons. The van der Waals surface area contributed by atoms with Gasteiger partial charge in [-0.25, -0.2) is 0 Å². The highest BCUT2D eigenvalue weighted by Crippen LogP contribution is 2.11. The Hall–Kier alpha value is -1.87. The molecule has 2 aromatic rings. The summed E-state index contributed by atoms with van der Waals surface area (Å²) in [5.41, 5.74) is 2.39. The van der Waals surface area contributed by atoms with E-state index in [9.17, 15) is 9.59 Å². The summed E-state index contributed by atoms with van der Waals surface area (Å²) < 4.78 is 1.94. The number of halogens is 1. The largest absolute Gasteiger partial charge is 0.321 e. The summed E-state index contributed by atoms with van der Waals surface area (Å²) in [5.74, 6) is 0. The predicted octanol–water partition coefficient (Wildman–Crippen LogP) is 2.84. The lowest BCUT2D eigenvalue weighted by molar-refractivity contribution is -0.111. The zero-order valence-electron chi connectivity index (χ0n) is 10.6. The van der Waals surface area contributed by atoms with E-state index in [0.717, 1.165) is 11.4 Å². The second-order valence-electron chi connectivity index (χ2n) is 4.36. The Morgan fingerprint density at radius 1 is 1.26 bits per heavy atom. The van der Waals surface area contributed by atoms with Crippen LogP contribution in [0.4, 0.5) is 0 Å². The molecule has 0 aliphatic carbocycles. The van der Waals surface area contributed by atoms with E-state index in [1.54, 1.807) is 12.3 Å². The van der Waals surface area contributed by atoms with Crippen molar-refractivity contribution in [1.82, 2.24) is 4.57 Å². The zero-order valence-corrected chi connectivity index (χ0v) is 11.4. The zero-order chi connectivity index (χ0) is 13.8. The fourth-order valence-electron chi connectivity index (χ4n) is 1.96. The molecule has 0 saturated heterocycles. The van der Waals surface area contributed by atoms with Gasteiger partial charge in [0, 0.05) is 35.6 Å². The number of benzene rings is 1. The van der Waals surface area contributed by atoms with Gasteiger partial charge in [0.1, 0.15) is 0 Å². The highest BCUT2D eigenvalue weighted by atomic mass is 35.5. The van der Waals surface area contributed by atoms with Crippen LogP contribution >= 0.6 is 11.6 Å². The second kappa shape index (κ2) is 5.85. The maximum absolute atomic E-state index is 11.9. The van der Waals surface area contributed by atoms with Crippen LogP contribution in [0.2, 0.25) is 0 Å². The average molecular weight is 276 g/mol. The molecule has 0 spiro atoms. The average Bonchev–Trinajstić information content (AvgIpc) is 2.38. The van der Waals surface area contributed by atoms with Crippen LogP contribution in [0.5, 0.6) is 0 Å². The van der Waals surface area contributed by atoms with E-state index in [-0.39, 0.29) is 11.8 Å². The van der Waals surface area contributed by atoms with Crippen LogP contribution in [0.25, 0.3) is 5.69 Å². The number of aryl methyl sites for hydroxylation is 2. The topological polar surface area (TPSA) is 39.1 Å². The van der Waals surface area contributed by atoms with E-state index in [2.05, 4.69) is 0 Å². The first-order valence-corrected chi connectivity index (χ1v) is 6.41. The standard InChI is InChI=1S/C15H14ClNO2/c1-11-9-14(18)12(7-8-15(16)19)10-17(11)13-5-3-2-4-6-13/h2-6,9-10H,7-8H2,1H3. The Morgan fingerprint density at radius 3 is 2.58 bits per heavy atom. The van der Waals surface area contributed by atoms with Gasteiger partial charge >= 0.3 is 0 Å². The van der Waals surface area contributed by atoms with Gasteiger partial charge in [-0.1, -0.05) is 18.2 Å². The molecule has 0 radical (unpaired) electrons. The van der Waals surface area contributed by atoms with E-state index >= 15 is 0 Å². The number of carbonyl (C=O) groups excluding carboxylic acids is 1. The van der Waals surface area contributed by atoms with E-state index in [4.69, 9.17) is 11.6 Å². The van der Waals surface area contributed by atoms with Crippen molar-refractivity contribution in [2.75, 3.05) is 0 Å². The quantitative estimate of drug-likeness (QED) is 0.805. The fraction of sp³-hybridized carbons (Fsp3) is 0.200. The third kappa shape index (κ3) is 3.32. The molecule has 4 heteroatoms. The molecular weight excluding hydrogens is 262 g/mol. The van der Waals surface area contributed by atoms with Gasteiger partial charge in [0.05, 0.1) is 0 Å². The van der Waals surface area contributed by atoms with Crippen molar-refractivity contribution >= 4 is 16.8 Å². The molecule has 0 bridgehead atoms. The number of rotatable bonds is 4. The predicted molar refractivity (Wildman–Crippen MR) is 76.0 cm³/mol. The minimum Gasteiger partial charge on any atom is -0.321 e. The minimum absolute atomic E-state index is 0.0532. The van der Waals surface area contributed by atoms with Crippen molar-refractivity contribution in [2.24, 2.45) is 0 Å². The van der Waals surface area contributed by atoms with Crippen molar-refractivity contribution in [2.45, 2.75) is 19.8 Å². The Morgan fingerprint density at radius 2 is 1.95 bits per heavy atom. The molecule has 1 aromatic carbocycles. The number of pyridine rings is 1. The van der Waals surface area contributed by atoms with Gasteiger partial charge < -0.3 is 4.57 Å². The number of nitrogens with zero attached hydrogens (tertiary/aromatic N) is 1. The fourth-order valence-corrected chi connectivity index (χ4v) is 2.06. The van der Waals surface area contributed by atoms with Crippen LogP contribution in [-0.2, 0) is 11.2 Å². The summed E-state index contributed by atoms with van der Waals surface area (Å²) >= 11 is 5.32. The highest BCUT2D eigenvalue weighted by Gasteiger charge is 2.07. The van der Waals surface area contributed by atoms with Gasteiger partial charge in [-0.15, -0.1) is 0 Å². The van der Waals surface area contributed by atoms with Crippen LogP contribution < -0.4 is 5.43 Å². The molecule has 0 aliphatic rings.